The lowest BCUT2D eigenvalue weighted by Gasteiger charge is -2.32. The summed E-state index contributed by atoms with van der Waals surface area (Å²) in [5, 5.41) is 3.66. The van der Waals surface area contributed by atoms with Crippen molar-refractivity contribution in [2.75, 3.05) is 19.6 Å². The maximum atomic E-state index is 6.11. The Labute approximate surface area is 126 Å². The highest BCUT2D eigenvalue weighted by atomic mass is 32.1. The van der Waals surface area contributed by atoms with Crippen molar-refractivity contribution >= 4 is 21.4 Å². The summed E-state index contributed by atoms with van der Waals surface area (Å²) in [7, 11) is 0. The van der Waals surface area contributed by atoms with Gasteiger partial charge in [-0.2, -0.15) is 0 Å². The Kier molecular flexibility index (Phi) is 5.58. The Bertz CT molecular complexity index is 535. The van der Waals surface area contributed by atoms with E-state index in [2.05, 4.69) is 55.3 Å². The van der Waals surface area contributed by atoms with Crippen molar-refractivity contribution in [2.24, 2.45) is 11.7 Å². The molecule has 0 radical (unpaired) electrons. The zero-order valence-corrected chi connectivity index (χ0v) is 13.6. The fraction of sp³-hybridized carbons (Fsp3) is 0.529. The zero-order valence-electron chi connectivity index (χ0n) is 12.8. The molecular weight excluding hydrogens is 264 g/mol. The van der Waals surface area contributed by atoms with E-state index in [0.29, 0.717) is 18.5 Å². The number of thiophene rings is 1. The number of nitrogens with two attached hydrogens (primary N) is 1. The standard InChI is InChI=1S/C17H26N2S/c1-4-13(3)11-19(5-2)16(10-18)15-12-20-17-9-7-6-8-14(15)17/h6-9,12-13,16H,4-5,10-11,18H2,1-3H3. The van der Waals surface area contributed by atoms with Gasteiger partial charge in [0.2, 0.25) is 0 Å². The maximum Gasteiger partial charge on any atom is 0.0484 e. The molecule has 1 aromatic heterocycles. The van der Waals surface area contributed by atoms with Crippen LogP contribution in [-0.2, 0) is 0 Å². The molecule has 0 aliphatic heterocycles. The van der Waals surface area contributed by atoms with Crippen LogP contribution in [0.15, 0.2) is 29.6 Å². The highest BCUT2D eigenvalue weighted by Crippen LogP contribution is 2.33. The third-order valence-electron chi connectivity index (χ3n) is 4.18. The molecule has 110 valence electrons. The van der Waals surface area contributed by atoms with Crippen LogP contribution in [0.3, 0.4) is 0 Å². The monoisotopic (exact) mass is 290 g/mol. The minimum Gasteiger partial charge on any atom is -0.329 e. The molecule has 1 aromatic carbocycles. The summed E-state index contributed by atoms with van der Waals surface area (Å²) in [6, 6.07) is 8.99. The van der Waals surface area contributed by atoms with Gasteiger partial charge in [0, 0.05) is 23.8 Å². The van der Waals surface area contributed by atoms with Crippen LogP contribution < -0.4 is 5.73 Å². The average molecular weight is 290 g/mol. The SMILES string of the molecule is CCC(C)CN(CC)C(CN)c1csc2ccccc12. The normalized spacial score (nSPS) is 14.8. The summed E-state index contributed by atoms with van der Waals surface area (Å²) < 4.78 is 1.36. The Morgan fingerprint density at radius 1 is 1.25 bits per heavy atom. The van der Waals surface area contributed by atoms with Crippen LogP contribution in [0.1, 0.15) is 38.8 Å². The van der Waals surface area contributed by atoms with E-state index in [0.717, 1.165) is 13.1 Å². The van der Waals surface area contributed by atoms with E-state index >= 15 is 0 Å². The van der Waals surface area contributed by atoms with E-state index in [-0.39, 0.29) is 0 Å². The number of fused-ring (bicyclic) bond motifs is 1. The van der Waals surface area contributed by atoms with Crippen LogP contribution in [0.4, 0.5) is 0 Å². The van der Waals surface area contributed by atoms with Gasteiger partial charge in [0.15, 0.2) is 0 Å². The van der Waals surface area contributed by atoms with Crippen molar-refractivity contribution < 1.29 is 0 Å². The van der Waals surface area contributed by atoms with E-state index in [1.807, 2.05) is 11.3 Å². The minimum absolute atomic E-state index is 0.338. The molecule has 2 unspecified atom stereocenters. The molecule has 0 bridgehead atoms. The molecule has 0 aliphatic carbocycles. The fourth-order valence-corrected chi connectivity index (χ4v) is 3.74. The molecule has 0 fully saturated rings. The molecule has 2 nitrogen and oxygen atoms in total. The van der Waals surface area contributed by atoms with Gasteiger partial charge in [-0.1, -0.05) is 45.4 Å². The lowest BCUT2D eigenvalue weighted by Crippen LogP contribution is -2.36. The molecule has 2 aromatic rings. The third kappa shape index (κ3) is 3.22. The van der Waals surface area contributed by atoms with Gasteiger partial charge < -0.3 is 5.73 Å². The van der Waals surface area contributed by atoms with Crippen LogP contribution in [0, 0.1) is 5.92 Å². The average Bonchev–Trinajstić information content (AvgIpc) is 2.91. The van der Waals surface area contributed by atoms with Gasteiger partial charge in [-0.25, -0.2) is 0 Å². The molecule has 0 saturated carbocycles. The highest BCUT2D eigenvalue weighted by Gasteiger charge is 2.21. The van der Waals surface area contributed by atoms with Crippen LogP contribution in [-0.4, -0.2) is 24.5 Å². The molecule has 0 amide bonds. The lowest BCUT2D eigenvalue weighted by molar-refractivity contribution is 0.183. The van der Waals surface area contributed by atoms with E-state index in [1.54, 1.807) is 0 Å². The molecule has 0 spiro atoms. The number of rotatable bonds is 7. The summed E-state index contributed by atoms with van der Waals surface area (Å²) in [6.07, 6.45) is 1.22. The first-order valence-electron chi connectivity index (χ1n) is 7.61. The molecule has 3 heteroatoms. The summed E-state index contributed by atoms with van der Waals surface area (Å²) in [4.78, 5) is 2.53. The van der Waals surface area contributed by atoms with Gasteiger partial charge in [0.1, 0.15) is 0 Å². The topological polar surface area (TPSA) is 29.3 Å². The number of hydrogen-bond donors (Lipinski definition) is 1. The summed E-state index contributed by atoms with van der Waals surface area (Å²) in [5.74, 6) is 0.717. The van der Waals surface area contributed by atoms with Crippen molar-refractivity contribution in [3.05, 3.63) is 35.2 Å². The smallest absolute Gasteiger partial charge is 0.0484 e. The second-order valence-electron chi connectivity index (χ2n) is 5.54. The van der Waals surface area contributed by atoms with Gasteiger partial charge in [0.05, 0.1) is 0 Å². The molecule has 0 saturated heterocycles. The van der Waals surface area contributed by atoms with Crippen molar-refractivity contribution in [3.8, 4) is 0 Å². The maximum absolute atomic E-state index is 6.11. The number of benzene rings is 1. The van der Waals surface area contributed by atoms with Gasteiger partial charge in [-0.05, 0) is 34.9 Å². The minimum atomic E-state index is 0.338. The molecule has 2 N–H and O–H groups in total. The predicted octanol–water partition coefficient (Wildman–Crippen LogP) is 4.27. The van der Waals surface area contributed by atoms with Crippen molar-refractivity contribution in [1.29, 1.82) is 0 Å². The van der Waals surface area contributed by atoms with E-state index in [1.165, 1.54) is 22.1 Å². The van der Waals surface area contributed by atoms with Crippen molar-refractivity contribution in [3.63, 3.8) is 0 Å². The molecule has 20 heavy (non-hydrogen) atoms. The second kappa shape index (κ2) is 7.21. The van der Waals surface area contributed by atoms with Crippen molar-refractivity contribution in [1.82, 2.24) is 4.90 Å². The summed E-state index contributed by atoms with van der Waals surface area (Å²) in [5.41, 5.74) is 7.51. The third-order valence-corrected chi connectivity index (χ3v) is 5.16. The van der Waals surface area contributed by atoms with Crippen molar-refractivity contribution in [2.45, 2.75) is 33.2 Å². The van der Waals surface area contributed by atoms with Gasteiger partial charge in [-0.15, -0.1) is 11.3 Å². The fourth-order valence-electron chi connectivity index (χ4n) is 2.74. The molecule has 2 rings (SSSR count). The Hall–Kier alpha value is -0.900. The zero-order chi connectivity index (χ0) is 14.5. The Balaban J connectivity index is 2.30. The van der Waals surface area contributed by atoms with Crippen LogP contribution >= 0.6 is 11.3 Å². The van der Waals surface area contributed by atoms with Crippen LogP contribution in [0.2, 0.25) is 0 Å². The van der Waals surface area contributed by atoms with Crippen LogP contribution in [0.5, 0.6) is 0 Å². The highest BCUT2D eigenvalue weighted by molar-refractivity contribution is 7.17. The van der Waals surface area contributed by atoms with Gasteiger partial charge in [-0.3, -0.25) is 4.90 Å². The Morgan fingerprint density at radius 2 is 2.00 bits per heavy atom. The second-order valence-corrected chi connectivity index (χ2v) is 6.45. The molecule has 0 aliphatic rings. The number of nitrogens with zero attached hydrogens (tertiary/aromatic N) is 1. The quantitative estimate of drug-likeness (QED) is 0.825. The summed E-state index contributed by atoms with van der Waals surface area (Å²) in [6.45, 7) is 9.68. The van der Waals surface area contributed by atoms with E-state index in [9.17, 15) is 0 Å². The first-order chi connectivity index (χ1) is 9.71. The molecule has 2 atom stereocenters. The number of likely N-dealkylation sites (N-methyl/N-ethyl adjacent to an activating group) is 1. The first kappa shape index (κ1) is 15.5. The Morgan fingerprint density at radius 3 is 2.65 bits per heavy atom. The van der Waals surface area contributed by atoms with Crippen LogP contribution in [0.25, 0.3) is 10.1 Å². The number of hydrogen-bond acceptors (Lipinski definition) is 3. The first-order valence-corrected chi connectivity index (χ1v) is 8.49. The lowest BCUT2D eigenvalue weighted by atomic mass is 10.0. The molecule has 1 heterocycles. The molecular formula is C17H26N2S. The summed E-state index contributed by atoms with van der Waals surface area (Å²) >= 11 is 1.83. The van der Waals surface area contributed by atoms with Gasteiger partial charge in [0.25, 0.3) is 0 Å². The van der Waals surface area contributed by atoms with E-state index in [4.69, 9.17) is 5.73 Å². The largest absolute Gasteiger partial charge is 0.329 e. The van der Waals surface area contributed by atoms with E-state index < -0.39 is 0 Å². The predicted molar refractivity (Wildman–Crippen MR) is 90.3 cm³/mol. The van der Waals surface area contributed by atoms with Gasteiger partial charge >= 0.3 is 0 Å².